The van der Waals surface area contributed by atoms with Gasteiger partial charge < -0.3 is 10.2 Å². The summed E-state index contributed by atoms with van der Waals surface area (Å²) >= 11 is 12.4. The van der Waals surface area contributed by atoms with Crippen molar-refractivity contribution in [2.24, 2.45) is 5.41 Å². The lowest BCUT2D eigenvalue weighted by Crippen LogP contribution is -2.27. The Hall–Kier alpha value is -1.37. The largest absolute Gasteiger partial charge is 0.396 e. The summed E-state index contributed by atoms with van der Waals surface area (Å²) in [5.74, 6) is 0. The highest BCUT2D eigenvalue weighted by atomic mass is 35.5. The van der Waals surface area contributed by atoms with Crippen molar-refractivity contribution >= 4 is 44.2 Å². The highest BCUT2D eigenvalue weighted by molar-refractivity contribution is 7.90. The Morgan fingerprint density at radius 1 is 0.963 bits per heavy atom. The molecule has 2 aromatic rings. The van der Waals surface area contributed by atoms with Crippen molar-refractivity contribution in [2.75, 3.05) is 19.5 Å². The fourth-order valence-electron chi connectivity index (χ4n) is 3.47. The first-order valence-corrected chi connectivity index (χ1v) is 11.0. The molecule has 0 amide bonds. The first-order chi connectivity index (χ1) is 12.7. The summed E-state index contributed by atoms with van der Waals surface area (Å²) in [6, 6.07) is 11.9. The van der Waals surface area contributed by atoms with Crippen molar-refractivity contribution in [1.82, 2.24) is 0 Å². The van der Waals surface area contributed by atoms with E-state index in [1.54, 1.807) is 36.4 Å². The average Bonchev–Trinajstić information content (AvgIpc) is 3.01. The minimum atomic E-state index is -3.28. The molecular formula is C20H20Cl2O4S. The van der Waals surface area contributed by atoms with Crippen LogP contribution in [0, 0.1) is 5.41 Å². The third-order valence-electron chi connectivity index (χ3n) is 5.03. The molecule has 0 fully saturated rings. The fraction of sp³-hybridized carbons (Fsp3) is 0.300. The first kappa shape index (κ1) is 20.4. The molecule has 3 rings (SSSR count). The Kier molecular flexibility index (Phi) is 5.71. The zero-order valence-electron chi connectivity index (χ0n) is 14.7. The molecule has 7 heteroatoms. The summed E-state index contributed by atoms with van der Waals surface area (Å²) in [7, 11) is -3.28. The van der Waals surface area contributed by atoms with Crippen molar-refractivity contribution in [3.8, 4) is 0 Å². The van der Waals surface area contributed by atoms with Crippen molar-refractivity contribution in [2.45, 2.75) is 17.7 Å². The summed E-state index contributed by atoms with van der Waals surface area (Å²) in [6.45, 7) is -0.327. The normalized spacial score (nSPS) is 16.8. The van der Waals surface area contributed by atoms with E-state index in [1.807, 2.05) is 6.07 Å². The second-order valence-corrected chi connectivity index (χ2v) is 9.91. The Balaban J connectivity index is 2.14. The number of halogens is 2. The molecule has 2 aromatic carbocycles. The summed E-state index contributed by atoms with van der Waals surface area (Å²) < 4.78 is 23.4. The third-order valence-corrected chi connectivity index (χ3v) is 6.70. The Labute approximate surface area is 169 Å². The van der Waals surface area contributed by atoms with Crippen molar-refractivity contribution in [3.63, 3.8) is 0 Å². The van der Waals surface area contributed by atoms with Crippen LogP contribution >= 0.6 is 23.2 Å². The van der Waals surface area contributed by atoms with Crippen molar-refractivity contribution in [3.05, 3.63) is 63.6 Å². The van der Waals surface area contributed by atoms with E-state index in [4.69, 9.17) is 23.2 Å². The molecule has 0 saturated carbocycles. The molecule has 0 aromatic heterocycles. The molecule has 0 aliphatic heterocycles. The fourth-order valence-corrected chi connectivity index (χ4v) is 4.62. The smallest absolute Gasteiger partial charge is 0.175 e. The maximum absolute atomic E-state index is 11.7. The number of benzene rings is 2. The SMILES string of the molecule is CS(=O)(=O)c1ccc(C2=C(c3ccc(Cl)cc3Cl)CC(CO)(CO)C2)cc1. The van der Waals surface area contributed by atoms with Gasteiger partial charge in [0.05, 0.1) is 18.1 Å². The highest BCUT2D eigenvalue weighted by Crippen LogP contribution is 2.51. The number of hydrogen-bond donors (Lipinski definition) is 2. The molecule has 0 atom stereocenters. The van der Waals surface area contributed by atoms with Crippen LogP contribution in [0.15, 0.2) is 47.4 Å². The molecule has 27 heavy (non-hydrogen) atoms. The van der Waals surface area contributed by atoms with Crippen LogP contribution in [0.5, 0.6) is 0 Å². The Morgan fingerprint density at radius 2 is 1.56 bits per heavy atom. The number of rotatable bonds is 5. The molecular weight excluding hydrogens is 407 g/mol. The van der Waals surface area contributed by atoms with E-state index in [0.717, 1.165) is 28.5 Å². The molecule has 0 heterocycles. The van der Waals surface area contributed by atoms with Gasteiger partial charge in [-0.15, -0.1) is 0 Å². The molecule has 4 nitrogen and oxygen atoms in total. The lowest BCUT2D eigenvalue weighted by atomic mass is 9.84. The Bertz CT molecular complexity index is 991. The predicted molar refractivity (Wildman–Crippen MR) is 109 cm³/mol. The summed E-state index contributed by atoms with van der Waals surface area (Å²) in [5.41, 5.74) is 2.82. The van der Waals surface area contributed by atoms with Crippen molar-refractivity contribution in [1.29, 1.82) is 0 Å². The van der Waals surface area contributed by atoms with E-state index in [9.17, 15) is 18.6 Å². The van der Waals surface area contributed by atoms with Crippen LogP contribution in [0.2, 0.25) is 10.0 Å². The van der Waals surface area contributed by atoms with Gasteiger partial charge in [-0.05, 0) is 59.4 Å². The number of hydrogen-bond acceptors (Lipinski definition) is 4. The molecule has 1 aliphatic carbocycles. The van der Waals surface area contributed by atoms with Crippen LogP contribution in [0.4, 0.5) is 0 Å². The van der Waals surface area contributed by atoms with E-state index in [-0.39, 0.29) is 18.1 Å². The standard InChI is InChI=1S/C20H20Cl2O4S/c1-27(25,26)15-5-2-13(3-6-15)17-9-20(11-23,12-24)10-18(17)16-7-4-14(21)8-19(16)22/h2-8,23-24H,9-12H2,1H3. The highest BCUT2D eigenvalue weighted by Gasteiger charge is 2.39. The summed E-state index contributed by atoms with van der Waals surface area (Å²) in [4.78, 5) is 0.242. The zero-order valence-corrected chi connectivity index (χ0v) is 17.1. The number of aliphatic hydroxyl groups is 2. The lowest BCUT2D eigenvalue weighted by molar-refractivity contribution is 0.0677. The second kappa shape index (κ2) is 7.57. The van der Waals surface area contributed by atoms with E-state index < -0.39 is 15.3 Å². The first-order valence-electron chi connectivity index (χ1n) is 8.39. The zero-order chi connectivity index (χ0) is 19.8. The number of sulfone groups is 1. The molecule has 1 aliphatic rings. The molecule has 0 unspecified atom stereocenters. The molecule has 0 saturated heterocycles. The van der Waals surface area contributed by atoms with Gasteiger partial charge in [0, 0.05) is 21.7 Å². The third kappa shape index (κ3) is 4.08. The van der Waals surface area contributed by atoms with Crippen LogP contribution in [0.3, 0.4) is 0 Å². The summed E-state index contributed by atoms with van der Waals surface area (Å²) in [5, 5.41) is 20.8. The second-order valence-electron chi connectivity index (χ2n) is 7.05. The van der Waals surface area contributed by atoms with Gasteiger partial charge in [-0.25, -0.2) is 8.42 Å². The number of allylic oxidation sites excluding steroid dienone is 2. The van der Waals surface area contributed by atoms with Gasteiger partial charge in [-0.1, -0.05) is 41.4 Å². The Morgan fingerprint density at radius 3 is 2.07 bits per heavy atom. The van der Waals surface area contributed by atoms with Crippen LogP contribution < -0.4 is 0 Å². The quantitative estimate of drug-likeness (QED) is 0.755. The van der Waals surface area contributed by atoms with E-state index in [0.29, 0.717) is 22.9 Å². The van der Waals surface area contributed by atoms with Gasteiger partial charge >= 0.3 is 0 Å². The van der Waals surface area contributed by atoms with Crippen LogP contribution in [-0.4, -0.2) is 38.1 Å². The monoisotopic (exact) mass is 426 g/mol. The minimum Gasteiger partial charge on any atom is -0.396 e. The summed E-state index contributed by atoms with van der Waals surface area (Å²) in [6.07, 6.45) is 2.09. The van der Waals surface area contributed by atoms with Crippen LogP contribution in [-0.2, 0) is 9.84 Å². The maximum atomic E-state index is 11.7. The molecule has 0 radical (unpaired) electrons. The van der Waals surface area contributed by atoms with Gasteiger partial charge in [0.15, 0.2) is 9.84 Å². The van der Waals surface area contributed by atoms with E-state index >= 15 is 0 Å². The lowest BCUT2D eigenvalue weighted by Gasteiger charge is -2.24. The topological polar surface area (TPSA) is 74.6 Å². The van der Waals surface area contributed by atoms with Gasteiger partial charge in [-0.2, -0.15) is 0 Å². The molecule has 0 bridgehead atoms. The van der Waals surface area contributed by atoms with Gasteiger partial charge in [0.2, 0.25) is 0 Å². The predicted octanol–water partition coefficient (Wildman–Crippen LogP) is 4.07. The van der Waals surface area contributed by atoms with Gasteiger partial charge in [0.25, 0.3) is 0 Å². The van der Waals surface area contributed by atoms with Gasteiger partial charge in [-0.3, -0.25) is 0 Å². The molecule has 144 valence electrons. The van der Waals surface area contributed by atoms with Crippen LogP contribution in [0.25, 0.3) is 11.1 Å². The van der Waals surface area contributed by atoms with Gasteiger partial charge in [0.1, 0.15) is 0 Å². The van der Waals surface area contributed by atoms with Crippen LogP contribution in [0.1, 0.15) is 24.0 Å². The maximum Gasteiger partial charge on any atom is 0.175 e. The molecule has 2 N–H and O–H groups in total. The molecule has 0 spiro atoms. The average molecular weight is 427 g/mol. The van der Waals surface area contributed by atoms with Crippen molar-refractivity contribution < 1.29 is 18.6 Å². The number of aliphatic hydroxyl groups excluding tert-OH is 2. The van der Waals surface area contributed by atoms with E-state index in [2.05, 4.69) is 0 Å². The minimum absolute atomic E-state index is 0.164. The van der Waals surface area contributed by atoms with E-state index in [1.165, 1.54) is 0 Å².